The van der Waals surface area contributed by atoms with Gasteiger partial charge in [-0.25, -0.2) is 0 Å². The summed E-state index contributed by atoms with van der Waals surface area (Å²) in [6.45, 7) is 4.64. The fourth-order valence-corrected chi connectivity index (χ4v) is 2.29. The smallest absolute Gasteiger partial charge is 0.237 e. The molecular weight excluding hydrogens is 242 g/mol. The van der Waals surface area contributed by atoms with Gasteiger partial charge in [0, 0.05) is 11.3 Å². The number of rotatable bonds is 4. The Labute approximate surface area is 112 Å². The fraction of sp³-hybridized carbons (Fsp3) is 0.500. The Balaban J connectivity index is 1.94. The van der Waals surface area contributed by atoms with Crippen LogP contribution in [-0.2, 0) is 11.3 Å². The van der Waals surface area contributed by atoms with Gasteiger partial charge in [0.2, 0.25) is 5.91 Å². The first-order chi connectivity index (χ1) is 9.08. The largest absolute Gasteiger partial charge is 0.349 e. The first-order valence-electron chi connectivity index (χ1n) is 6.56. The predicted octanol–water partition coefficient (Wildman–Crippen LogP) is 0.961. The molecule has 1 aliphatic heterocycles. The molecule has 0 aromatic carbocycles. The molecule has 5 heteroatoms. The van der Waals surface area contributed by atoms with Crippen LogP contribution >= 0.6 is 0 Å². The Hall–Kier alpha value is -1.75. The molecule has 2 rings (SSSR count). The van der Waals surface area contributed by atoms with Crippen molar-refractivity contribution in [2.45, 2.75) is 39.3 Å². The molecule has 0 spiro atoms. The van der Waals surface area contributed by atoms with Gasteiger partial charge in [-0.3, -0.25) is 14.6 Å². The van der Waals surface area contributed by atoms with Gasteiger partial charge < -0.3 is 10.6 Å². The van der Waals surface area contributed by atoms with E-state index in [-0.39, 0.29) is 17.7 Å². The third kappa shape index (κ3) is 3.38. The summed E-state index contributed by atoms with van der Waals surface area (Å²) in [6.07, 6.45) is 1.93. The lowest BCUT2D eigenvalue weighted by molar-refractivity contribution is -0.122. The standard InChI is InChI=1S/C14H19N3O2/c1-9-12(10(2)18)6-5-11(17-9)8-16-14(19)13-4-3-7-15-13/h5-6,13,15H,3-4,7-8H2,1-2H3,(H,16,19)/t13-/m1/s1. The van der Waals surface area contributed by atoms with Crippen LogP contribution in [0.4, 0.5) is 0 Å². The highest BCUT2D eigenvalue weighted by atomic mass is 16.2. The molecule has 1 aliphatic rings. The summed E-state index contributed by atoms with van der Waals surface area (Å²) in [5, 5.41) is 6.02. The zero-order valence-electron chi connectivity index (χ0n) is 11.3. The Morgan fingerprint density at radius 2 is 2.26 bits per heavy atom. The number of amides is 1. The number of carbonyl (C=O) groups is 2. The van der Waals surface area contributed by atoms with Crippen molar-refractivity contribution in [3.63, 3.8) is 0 Å². The van der Waals surface area contributed by atoms with Gasteiger partial charge in [-0.2, -0.15) is 0 Å². The highest BCUT2D eigenvalue weighted by Crippen LogP contribution is 2.08. The van der Waals surface area contributed by atoms with Crippen molar-refractivity contribution in [2.24, 2.45) is 0 Å². The lowest BCUT2D eigenvalue weighted by Gasteiger charge is -2.11. The molecule has 1 aromatic rings. The van der Waals surface area contributed by atoms with Crippen LogP contribution in [0.2, 0.25) is 0 Å². The Morgan fingerprint density at radius 3 is 2.84 bits per heavy atom. The van der Waals surface area contributed by atoms with Crippen molar-refractivity contribution in [1.82, 2.24) is 15.6 Å². The van der Waals surface area contributed by atoms with E-state index in [1.807, 2.05) is 0 Å². The van der Waals surface area contributed by atoms with Crippen LogP contribution in [0.5, 0.6) is 0 Å². The maximum absolute atomic E-state index is 11.8. The molecule has 19 heavy (non-hydrogen) atoms. The van der Waals surface area contributed by atoms with Crippen LogP contribution in [0.15, 0.2) is 12.1 Å². The van der Waals surface area contributed by atoms with Crippen LogP contribution in [0.25, 0.3) is 0 Å². The third-order valence-corrected chi connectivity index (χ3v) is 3.34. The maximum atomic E-state index is 11.8. The summed E-state index contributed by atoms with van der Waals surface area (Å²) in [6, 6.07) is 3.48. The van der Waals surface area contributed by atoms with E-state index in [0.29, 0.717) is 17.8 Å². The normalized spacial score (nSPS) is 18.3. The molecule has 0 unspecified atom stereocenters. The van der Waals surface area contributed by atoms with Crippen LogP contribution in [-0.4, -0.2) is 29.3 Å². The number of nitrogens with zero attached hydrogens (tertiary/aromatic N) is 1. The second kappa shape index (κ2) is 5.93. The molecule has 0 radical (unpaired) electrons. The topological polar surface area (TPSA) is 71.1 Å². The average Bonchev–Trinajstić information content (AvgIpc) is 2.89. The van der Waals surface area contributed by atoms with Crippen molar-refractivity contribution < 1.29 is 9.59 Å². The number of hydrogen-bond acceptors (Lipinski definition) is 4. The van der Waals surface area contributed by atoms with Crippen LogP contribution in [0, 0.1) is 6.92 Å². The minimum Gasteiger partial charge on any atom is -0.349 e. The summed E-state index contributed by atoms with van der Waals surface area (Å²) < 4.78 is 0. The summed E-state index contributed by atoms with van der Waals surface area (Å²) >= 11 is 0. The molecule has 1 atom stereocenters. The van der Waals surface area contributed by atoms with Gasteiger partial charge in [0.1, 0.15) is 0 Å². The van der Waals surface area contributed by atoms with Gasteiger partial charge in [-0.05, 0) is 45.4 Å². The van der Waals surface area contributed by atoms with E-state index in [1.54, 1.807) is 19.1 Å². The zero-order valence-corrected chi connectivity index (χ0v) is 11.3. The van der Waals surface area contributed by atoms with E-state index in [1.165, 1.54) is 6.92 Å². The minimum atomic E-state index is -0.0717. The molecule has 2 heterocycles. The van der Waals surface area contributed by atoms with Crippen molar-refractivity contribution in [3.8, 4) is 0 Å². The second-order valence-electron chi connectivity index (χ2n) is 4.86. The average molecular weight is 261 g/mol. The predicted molar refractivity (Wildman–Crippen MR) is 71.8 cm³/mol. The monoisotopic (exact) mass is 261 g/mol. The Kier molecular flexibility index (Phi) is 4.27. The number of pyridine rings is 1. The fourth-order valence-electron chi connectivity index (χ4n) is 2.29. The van der Waals surface area contributed by atoms with Crippen molar-refractivity contribution in [1.29, 1.82) is 0 Å². The quantitative estimate of drug-likeness (QED) is 0.792. The van der Waals surface area contributed by atoms with Crippen LogP contribution in [0.3, 0.4) is 0 Å². The zero-order chi connectivity index (χ0) is 13.8. The highest BCUT2D eigenvalue weighted by molar-refractivity contribution is 5.95. The van der Waals surface area contributed by atoms with Gasteiger partial charge in [-0.1, -0.05) is 0 Å². The third-order valence-electron chi connectivity index (χ3n) is 3.34. The first-order valence-corrected chi connectivity index (χ1v) is 6.56. The Morgan fingerprint density at radius 1 is 1.47 bits per heavy atom. The molecule has 0 aliphatic carbocycles. The van der Waals surface area contributed by atoms with Gasteiger partial charge in [0.15, 0.2) is 5.78 Å². The number of nitrogens with one attached hydrogen (secondary N) is 2. The molecule has 1 amide bonds. The van der Waals surface area contributed by atoms with Crippen molar-refractivity contribution in [2.75, 3.05) is 6.54 Å². The summed E-state index contributed by atoms with van der Waals surface area (Å²) in [7, 11) is 0. The van der Waals surface area contributed by atoms with Crippen LogP contribution in [0.1, 0.15) is 41.5 Å². The van der Waals surface area contributed by atoms with E-state index in [2.05, 4.69) is 15.6 Å². The van der Waals surface area contributed by atoms with E-state index < -0.39 is 0 Å². The lowest BCUT2D eigenvalue weighted by Crippen LogP contribution is -2.40. The number of carbonyl (C=O) groups excluding carboxylic acids is 2. The van der Waals surface area contributed by atoms with Crippen molar-refractivity contribution in [3.05, 3.63) is 29.1 Å². The maximum Gasteiger partial charge on any atom is 0.237 e. The SMILES string of the molecule is CC(=O)c1ccc(CNC(=O)[C@H]2CCCN2)nc1C. The second-order valence-corrected chi connectivity index (χ2v) is 4.86. The molecule has 102 valence electrons. The number of aromatic nitrogens is 1. The van der Waals surface area contributed by atoms with E-state index in [0.717, 1.165) is 25.1 Å². The molecule has 0 saturated carbocycles. The van der Waals surface area contributed by atoms with Crippen molar-refractivity contribution >= 4 is 11.7 Å². The number of Topliss-reactive ketones (excluding diaryl/α,β-unsaturated/α-hetero) is 1. The highest BCUT2D eigenvalue weighted by Gasteiger charge is 2.21. The van der Waals surface area contributed by atoms with E-state index >= 15 is 0 Å². The number of aryl methyl sites for hydroxylation is 1. The number of ketones is 1. The lowest BCUT2D eigenvalue weighted by atomic mass is 10.1. The Bertz CT molecular complexity index is 493. The molecule has 5 nitrogen and oxygen atoms in total. The van der Waals surface area contributed by atoms with Crippen LogP contribution < -0.4 is 10.6 Å². The minimum absolute atomic E-state index is 0.00995. The number of hydrogen-bond donors (Lipinski definition) is 2. The van der Waals surface area contributed by atoms with Gasteiger partial charge >= 0.3 is 0 Å². The van der Waals surface area contributed by atoms with Gasteiger partial charge in [0.05, 0.1) is 18.3 Å². The summed E-state index contributed by atoms with van der Waals surface area (Å²) in [4.78, 5) is 27.5. The molecular formula is C14H19N3O2. The molecule has 1 fully saturated rings. The summed E-state index contributed by atoms with van der Waals surface area (Å²) in [5.41, 5.74) is 2.11. The van der Waals surface area contributed by atoms with Gasteiger partial charge in [-0.15, -0.1) is 0 Å². The molecule has 0 bridgehead atoms. The van der Waals surface area contributed by atoms with E-state index in [9.17, 15) is 9.59 Å². The van der Waals surface area contributed by atoms with Gasteiger partial charge in [0.25, 0.3) is 0 Å². The first kappa shape index (κ1) is 13.7. The van der Waals surface area contributed by atoms with E-state index in [4.69, 9.17) is 0 Å². The molecule has 2 N–H and O–H groups in total. The molecule has 1 aromatic heterocycles. The summed E-state index contributed by atoms with van der Waals surface area (Å²) in [5.74, 6) is 0.0309. The molecule has 1 saturated heterocycles.